The highest BCUT2D eigenvalue weighted by Crippen LogP contribution is 2.18. The fourth-order valence-corrected chi connectivity index (χ4v) is 2.22. The molecule has 0 aliphatic heterocycles. The van der Waals surface area contributed by atoms with Crippen molar-refractivity contribution in [1.29, 1.82) is 0 Å². The molecule has 1 N–H and O–H groups in total. The molecule has 0 aliphatic carbocycles. The van der Waals surface area contributed by atoms with E-state index in [2.05, 4.69) is 30.1 Å². The van der Waals surface area contributed by atoms with Gasteiger partial charge in [-0.05, 0) is 12.0 Å². The lowest BCUT2D eigenvalue weighted by Crippen LogP contribution is -2.19. The van der Waals surface area contributed by atoms with E-state index in [4.69, 9.17) is 0 Å². The molecule has 0 unspecified atom stereocenters. The zero-order chi connectivity index (χ0) is 17.9. The Balaban J connectivity index is 1.55. The van der Waals surface area contributed by atoms with Crippen molar-refractivity contribution < 1.29 is 17.9 Å². The molecule has 0 radical (unpaired) electrons. The first-order valence-corrected chi connectivity index (χ1v) is 7.43. The van der Waals surface area contributed by atoms with Gasteiger partial charge < -0.3 is 10.1 Å². The number of rotatable bonds is 6. The van der Waals surface area contributed by atoms with Crippen molar-refractivity contribution in [2.24, 2.45) is 7.05 Å². The summed E-state index contributed by atoms with van der Waals surface area (Å²) in [4.78, 5) is 12.2. The first kappa shape index (κ1) is 16.9. The van der Waals surface area contributed by atoms with E-state index in [9.17, 15) is 13.2 Å². The Morgan fingerprint density at radius 1 is 1.20 bits per heavy atom. The third-order valence-electron chi connectivity index (χ3n) is 3.32. The lowest BCUT2D eigenvalue weighted by atomic mass is 10.2. The van der Waals surface area contributed by atoms with E-state index in [0.29, 0.717) is 24.4 Å². The van der Waals surface area contributed by atoms with E-state index in [-0.39, 0.29) is 5.88 Å². The highest BCUT2D eigenvalue weighted by atomic mass is 19.4. The molecule has 0 amide bonds. The maximum Gasteiger partial charge on any atom is 0.422 e. The second-order valence-electron chi connectivity index (χ2n) is 5.35. The minimum atomic E-state index is -4.38. The van der Waals surface area contributed by atoms with Crippen LogP contribution in [0.15, 0.2) is 30.9 Å². The van der Waals surface area contributed by atoms with Gasteiger partial charge in [-0.3, -0.25) is 4.68 Å². The van der Waals surface area contributed by atoms with Crippen LogP contribution in [0.5, 0.6) is 5.88 Å². The summed E-state index contributed by atoms with van der Waals surface area (Å²) in [6, 6.07) is 3.10. The zero-order valence-electron chi connectivity index (χ0n) is 13.3. The zero-order valence-corrected chi connectivity index (χ0v) is 13.3. The standard InChI is InChI=1S/C15H15F3N6O/c1-24-7-11-13(21-9-22-14(11)23-24)19-5-4-10-2-3-12(20-6-10)25-8-15(16,17)18/h2-3,6-7,9H,4-5,8H2,1H3,(H,19,21,22,23). The molecule has 7 nitrogen and oxygen atoms in total. The van der Waals surface area contributed by atoms with Gasteiger partial charge in [0.2, 0.25) is 5.88 Å². The normalized spacial score (nSPS) is 11.7. The number of fused-ring (bicyclic) bond motifs is 1. The highest BCUT2D eigenvalue weighted by Gasteiger charge is 2.28. The van der Waals surface area contributed by atoms with Gasteiger partial charge in [-0.15, -0.1) is 0 Å². The molecule has 25 heavy (non-hydrogen) atoms. The van der Waals surface area contributed by atoms with E-state index in [0.717, 1.165) is 10.9 Å². The summed E-state index contributed by atoms with van der Waals surface area (Å²) >= 11 is 0. The second-order valence-corrected chi connectivity index (χ2v) is 5.35. The number of nitrogens with zero attached hydrogens (tertiary/aromatic N) is 5. The van der Waals surface area contributed by atoms with Gasteiger partial charge in [0.15, 0.2) is 12.3 Å². The summed E-state index contributed by atoms with van der Waals surface area (Å²) in [7, 11) is 1.81. The van der Waals surface area contributed by atoms with E-state index in [1.165, 1.54) is 18.6 Å². The van der Waals surface area contributed by atoms with Gasteiger partial charge in [-0.2, -0.15) is 18.3 Å². The quantitative estimate of drug-likeness (QED) is 0.734. The Kier molecular flexibility index (Phi) is 4.68. The second kappa shape index (κ2) is 6.91. The molecule has 0 saturated carbocycles. The van der Waals surface area contributed by atoms with Crippen molar-refractivity contribution in [3.05, 3.63) is 36.4 Å². The van der Waals surface area contributed by atoms with Crippen LogP contribution in [-0.4, -0.2) is 44.1 Å². The Labute approximate surface area is 140 Å². The molecule has 0 saturated heterocycles. The fraction of sp³-hybridized carbons (Fsp3) is 0.333. The van der Waals surface area contributed by atoms with Crippen LogP contribution < -0.4 is 10.1 Å². The molecule has 3 aromatic heterocycles. The molecule has 0 fully saturated rings. The number of pyridine rings is 1. The lowest BCUT2D eigenvalue weighted by Gasteiger charge is -2.09. The molecular formula is C15H15F3N6O. The number of ether oxygens (including phenoxy) is 1. The van der Waals surface area contributed by atoms with Crippen molar-refractivity contribution in [1.82, 2.24) is 24.7 Å². The van der Waals surface area contributed by atoms with E-state index in [1.807, 2.05) is 6.20 Å². The van der Waals surface area contributed by atoms with Gasteiger partial charge in [-0.1, -0.05) is 6.07 Å². The van der Waals surface area contributed by atoms with Gasteiger partial charge in [-0.25, -0.2) is 15.0 Å². The molecule has 3 aromatic rings. The third-order valence-corrected chi connectivity index (χ3v) is 3.32. The molecule has 3 heterocycles. The van der Waals surface area contributed by atoms with Crippen LogP contribution in [0.3, 0.4) is 0 Å². The molecular weight excluding hydrogens is 337 g/mol. The molecule has 3 rings (SSSR count). The van der Waals surface area contributed by atoms with E-state index >= 15 is 0 Å². The Morgan fingerprint density at radius 2 is 2.04 bits per heavy atom. The number of hydrogen-bond acceptors (Lipinski definition) is 6. The van der Waals surface area contributed by atoms with Crippen LogP contribution in [0.2, 0.25) is 0 Å². The van der Waals surface area contributed by atoms with Crippen LogP contribution in [0.1, 0.15) is 5.56 Å². The van der Waals surface area contributed by atoms with Crippen LogP contribution in [0, 0.1) is 0 Å². The van der Waals surface area contributed by atoms with Gasteiger partial charge in [0.05, 0.1) is 5.39 Å². The summed E-state index contributed by atoms with van der Waals surface area (Å²) < 4.78 is 42.5. The largest absolute Gasteiger partial charge is 0.468 e. The smallest absolute Gasteiger partial charge is 0.422 e. The Bertz CT molecular complexity index is 847. The molecule has 0 atom stereocenters. The number of halogens is 3. The average Bonchev–Trinajstić information content (AvgIpc) is 2.94. The van der Waals surface area contributed by atoms with Gasteiger partial charge in [0.25, 0.3) is 0 Å². The van der Waals surface area contributed by atoms with Gasteiger partial charge >= 0.3 is 6.18 Å². The summed E-state index contributed by atoms with van der Waals surface area (Å²) in [5.74, 6) is 0.623. The average molecular weight is 352 g/mol. The Morgan fingerprint density at radius 3 is 2.76 bits per heavy atom. The summed E-state index contributed by atoms with van der Waals surface area (Å²) in [5.41, 5.74) is 1.47. The fourth-order valence-electron chi connectivity index (χ4n) is 2.22. The van der Waals surface area contributed by atoms with Crippen molar-refractivity contribution in [3.8, 4) is 5.88 Å². The Hall–Kier alpha value is -2.91. The van der Waals surface area contributed by atoms with Crippen molar-refractivity contribution in [2.75, 3.05) is 18.5 Å². The van der Waals surface area contributed by atoms with E-state index < -0.39 is 12.8 Å². The highest BCUT2D eigenvalue weighted by molar-refractivity contribution is 5.85. The van der Waals surface area contributed by atoms with Crippen molar-refractivity contribution >= 4 is 16.9 Å². The number of hydrogen-bond donors (Lipinski definition) is 1. The van der Waals surface area contributed by atoms with Crippen LogP contribution in [-0.2, 0) is 13.5 Å². The van der Waals surface area contributed by atoms with Crippen LogP contribution in [0.25, 0.3) is 11.0 Å². The molecule has 10 heteroatoms. The van der Waals surface area contributed by atoms with Gasteiger partial charge in [0.1, 0.15) is 12.1 Å². The minimum Gasteiger partial charge on any atom is -0.468 e. The molecule has 0 aromatic carbocycles. The van der Waals surface area contributed by atoms with Gasteiger partial charge in [0, 0.05) is 32.1 Å². The first-order chi connectivity index (χ1) is 11.9. The molecule has 0 bridgehead atoms. The van der Waals surface area contributed by atoms with Crippen LogP contribution in [0.4, 0.5) is 19.0 Å². The summed E-state index contributed by atoms with van der Waals surface area (Å²) in [6.07, 6.45) is 1.00. The summed E-state index contributed by atoms with van der Waals surface area (Å²) in [5, 5.41) is 8.22. The lowest BCUT2D eigenvalue weighted by molar-refractivity contribution is -0.154. The predicted molar refractivity (Wildman–Crippen MR) is 84.3 cm³/mol. The SMILES string of the molecule is Cn1cc2c(NCCc3ccc(OCC(F)(F)F)nc3)ncnc2n1. The molecule has 132 valence electrons. The molecule has 0 aliphatic rings. The monoisotopic (exact) mass is 352 g/mol. The predicted octanol–water partition coefficient (Wildman–Crippen LogP) is 2.35. The number of aromatic nitrogens is 5. The van der Waals surface area contributed by atoms with E-state index in [1.54, 1.807) is 17.8 Å². The molecule has 0 spiro atoms. The minimum absolute atomic E-state index is 0.0538. The maximum atomic E-state index is 12.1. The topological polar surface area (TPSA) is 77.8 Å². The number of anilines is 1. The summed E-state index contributed by atoms with van der Waals surface area (Å²) in [6.45, 7) is -0.777. The number of alkyl halides is 3. The maximum absolute atomic E-state index is 12.1. The first-order valence-electron chi connectivity index (χ1n) is 7.43. The number of nitrogens with one attached hydrogen (secondary N) is 1. The van der Waals surface area contributed by atoms with Crippen molar-refractivity contribution in [3.63, 3.8) is 0 Å². The van der Waals surface area contributed by atoms with Crippen LogP contribution >= 0.6 is 0 Å². The third kappa shape index (κ3) is 4.55. The van der Waals surface area contributed by atoms with Crippen molar-refractivity contribution in [2.45, 2.75) is 12.6 Å². The number of aryl methyl sites for hydroxylation is 1.